The monoisotopic (exact) mass is 282 g/mol. The van der Waals surface area contributed by atoms with Gasteiger partial charge in [0.2, 0.25) is 0 Å². The van der Waals surface area contributed by atoms with E-state index in [1.807, 2.05) is 18.2 Å². The second-order valence-electron chi connectivity index (χ2n) is 5.29. The van der Waals surface area contributed by atoms with E-state index < -0.39 is 0 Å². The van der Waals surface area contributed by atoms with Crippen molar-refractivity contribution in [2.45, 2.75) is 18.4 Å². The van der Waals surface area contributed by atoms with Crippen molar-refractivity contribution in [1.29, 1.82) is 0 Å². The molecule has 1 aliphatic carbocycles. The van der Waals surface area contributed by atoms with Crippen molar-refractivity contribution in [1.82, 2.24) is 5.32 Å². The number of carbonyl (C=O) groups is 1. The first-order valence-electron chi connectivity index (χ1n) is 6.98. The highest BCUT2D eigenvalue weighted by Crippen LogP contribution is 2.40. The highest BCUT2D eigenvalue weighted by atomic mass is 16.5. The largest absolute Gasteiger partial charge is 0.495 e. The summed E-state index contributed by atoms with van der Waals surface area (Å²) in [6.07, 6.45) is 0.987. The quantitative estimate of drug-likeness (QED) is 0.847. The fraction of sp³-hybridized carbons (Fsp3) is 0.235. The molecular weight excluding hydrogens is 264 g/mol. The van der Waals surface area contributed by atoms with Gasteiger partial charge in [-0.1, -0.05) is 30.3 Å². The topological polar surface area (TPSA) is 64.3 Å². The number of nitrogens with two attached hydrogens (primary N) is 1. The lowest BCUT2D eigenvalue weighted by Gasteiger charge is -2.08. The molecule has 3 rings (SSSR count). The molecule has 0 bridgehead atoms. The number of nitrogens with one attached hydrogen (secondary N) is 1. The standard InChI is InChI=1S/C17H18N2O2/c1-21-16-8-7-12(9-14(16)18)17(20)19-15-10-13(15)11-5-3-2-4-6-11/h2-9,13,15H,10,18H2,1H3,(H,19,20). The van der Waals surface area contributed by atoms with E-state index in [0.717, 1.165) is 6.42 Å². The van der Waals surface area contributed by atoms with Gasteiger partial charge in [0.05, 0.1) is 12.8 Å². The van der Waals surface area contributed by atoms with Gasteiger partial charge in [0, 0.05) is 17.5 Å². The van der Waals surface area contributed by atoms with Crippen LogP contribution in [0.2, 0.25) is 0 Å². The van der Waals surface area contributed by atoms with E-state index >= 15 is 0 Å². The van der Waals surface area contributed by atoms with Crippen LogP contribution in [0.25, 0.3) is 0 Å². The Morgan fingerprint density at radius 1 is 1.24 bits per heavy atom. The minimum atomic E-state index is -0.0900. The van der Waals surface area contributed by atoms with Gasteiger partial charge < -0.3 is 15.8 Å². The SMILES string of the molecule is COc1ccc(C(=O)NC2CC2c2ccccc2)cc1N. The van der Waals surface area contributed by atoms with Gasteiger partial charge in [0.25, 0.3) is 5.91 Å². The molecule has 0 aromatic heterocycles. The molecule has 0 spiro atoms. The molecular formula is C17H18N2O2. The van der Waals surface area contributed by atoms with Crippen LogP contribution in [0.5, 0.6) is 5.75 Å². The Kier molecular flexibility index (Phi) is 3.52. The Morgan fingerprint density at radius 2 is 2.00 bits per heavy atom. The average molecular weight is 282 g/mol. The first-order valence-corrected chi connectivity index (χ1v) is 6.98. The lowest BCUT2D eigenvalue weighted by atomic mass is 10.1. The third kappa shape index (κ3) is 2.84. The third-order valence-electron chi connectivity index (χ3n) is 3.83. The molecule has 3 N–H and O–H groups in total. The van der Waals surface area contributed by atoms with Crippen LogP contribution in [0.1, 0.15) is 28.3 Å². The summed E-state index contributed by atoms with van der Waals surface area (Å²) in [4.78, 5) is 12.2. The number of carbonyl (C=O) groups excluding carboxylic acids is 1. The summed E-state index contributed by atoms with van der Waals surface area (Å²) in [6.45, 7) is 0. The zero-order chi connectivity index (χ0) is 14.8. The van der Waals surface area contributed by atoms with E-state index in [1.54, 1.807) is 25.3 Å². The molecule has 0 aliphatic heterocycles. The predicted molar refractivity (Wildman–Crippen MR) is 82.5 cm³/mol. The maximum absolute atomic E-state index is 12.2. The van der Waals surface area contributed by atoms with Crippen LogP contribution >= 0.6 is 0 Å². The van der Waals surface area contributed by atoms with E-state index in [-0.39, 0.29) is 11.9 Å². The lowest BCUT2D eigenvalue weighted by Crippen LogP contribution is -2.26. The number of rotatable bonds is 4. The number of benzene rings is 2. The minimum Gasteiger partial charge on any atom is -0.495 e. The fourth-order valence-corrected chi connectivity index (χ4v) is 2.55. The van der Waals surface area contributed by atoms with Gasteiger partial charge in [-0.2, -0.15) is 0 Å². The normalized spacial score (nSPS) is 19.9. The van der Waals surface area contributed by atoms with Gasteiger partial charge in [0.15, 0.2) is 0 Å². The Balaban J connectivity index is 1.64. The van der Waals surface area contributed by atoms with Gasteiger partial charge >= 0.3 is 0 Å². The number of anilines is 1. The van der Waals surface area contributed by atoms with Crippen LogP contribution in [-0.2, 0) is 0 Å². The zero-order valence-electron chi connectivity index (χ0n) is 11.9. The van der Waals surface area contributed by atoms with Crippen molar-refractivity contribution in [3.8, 4) is 5.75 Å². The van der Waals surface area contributed by atoms with Gasteiger partial charge in [-0.25, -0.2) is 0 Å². The predicted octanol–water partition coefficient (Wildman–Crippen LogP) is 2.56. The highest BCUT2D eigenvalue weighted by Gasteiger charge is 2.39. The lowest BCUT2D eigenvalue weighted by molar-refractivity contribution is 0.0950. The highest BCUT2D eigenvalue weighted by molar-refractivity contribution is 5.96. The van der Waals surface area contributed by atoms with E-state index in [0.29, 0.717) is 22.9 Å². The molecule has 21 heavy (non-hydrogen) atoms. The van der Waals surface area contributed by atoms with Crippen LogP contribution in [-0.4, -0.2) is 19.1 Å². The fourth-order valence-electron chi connectivity index (χ4n) is 2.55. The number of methoxy groups -OCH3 is 1. The average Bonchev–Trinajstić information content (AvgIpc) is 3.27. The smallest absolute Gasteiger partial charge is 0.251 e. The Morgan fingerprint density at radius 3 is 2.67 bits per heavy atom. The molecule has 2 unspecified atom stereocenters. The van der Waals surface area contributed by atoms with E-state index in [9.17, 15) is 4.79 Å². The van der Waals surface area contributed by atoms with Crippen molar-refractivity contribution in [3.05, 3.63) is 59.7 Å². The Bertz CT molecular complexity index is 655. The van der Waals surface area contributed by atoms with Crippen LogP contribution in [0.15, 0.2) is 48.5 Å². The van der Waals surface area contributed by atoms with E-state index in [4.69, 9.17) is 10.5 Å². The summed E-state index contributed by atoms with van der Waals surface area (Å²) in [5, 5.41) is 3.05. The number of amides is 1. The number of ether oxygens (including phenoxy) is 1. The molecule has 2 atom stereocenters. The Hall–Kier alpha value is -2.49. The van der Waals surface area contributed by atoms with Crippen LogP contribution < -0.4 is 15.8 Å². The van der Waals surface area contributed by atoms with Crippen molar-refractivity contribution >= 4 is 11.6 Å². The maximum atomic E-state index is 12.2. The molecule has 0 saturated heterocycles. The van der Waals surface area contributed by atoms with Crippen LogP contribution in [0.4, 0.5) is 5.69 Å². The van der Waals surface area contributed by atoms with Gasteiger partial charge in [-0.05, 0) is 30.2 Å². The molecule has 1 amide bonds. The second-order valence-corrected chi connectivity index (χ2v) is 5.29. The molecule has 1 saturated carbocycles. The number of hydrogen-bond acceptors (Lipinski definition) is 3. The molecule has 1 aliphatic rings. The van der Waals surface area contributed by atoms with Crippen molar-refractivity contribution in [2.24, 2.45) is 0 Å². The third-order valence-corrected chi connectivity index (χ3v) is 3.83. The summed E-state index contributed by atoms with van der Waals surface area (Å²) in [7, 11) is 1.56. The first kappa shape index (κ1) is 13.5. The molecule has 1 fully saturated rings. The van der Waals surface area contributed by atoms with Gasteiger partial charge in [-0.15, -0.1) is 0 Å². The number of nitrogen functional groups attached to an aromatic ring is 1. The summed E-state index contributed by atoms with van der Waals surface area (Å²) < 4.78 is 5.09. The Labute approximate surface area is 123 Å². The minimum absolute atomic E-state index is 0.0900. The molecule has 4 nitrogen and oxygen atoms in total. The van der Waals surface area contributed by atoms with Crippen molar-refractivity contribution in [3.63, 3.8) is 0 Å². The summed E-state index contributed by atoms with van der Waals surface area (Å²) in [6, 6.07) is 15.5. The van der Waals surface area contributed by atoms with Gasteiger partial charge in [0.1, 0.15) is 5.75 Å². The second kappa shape index (κ2) is 5.48. The van der Waals surface area contributed by atoms with E-state index in [1.165, 1.54) is 5.56 Å². The maximum Gasteiger partial charge on any atom is 0.251 e. The first-order chi connectivity index (χ1) is 10.2. The zero-order valence-corrected chi connectivity index (χ0v) is 11.9. The molecule has 0 radical (unpaired) electrons. The summed E-state index contributed by atoms with van der Waals surface area (Å²) in [5.74, 6) is 0.915. The summed E-state index contributed by atoms with van der Waals surface area (Å²) in [5.41, 5.74) is 8.14. The number of hydrogen-bond donors (Lipinski definition) is 2. The molecule has 2 aromatic carbocycles. The molecule has 0 heterocycles. The molecule has 4 heteroatoms. The summed E-state index contributed by atoms with van der Waals surface area (Å²) >= 11 is 0. The van der Waals surface area contributed by atoms with Crippen LogP contribution in [0, 0.1) is 0 Å². The molecule has 108 valence electrons. The molecule has 2 aromatic rings. The van der Waals surface area contributed by atoms with Gasteiger partial charge in [-0.3, -0.25) is 4.79 Å². The van der Waals surface area contributed by atoms with Crippen molar-refractivity contribution in [2.75, 3.05) is 12.8 Å². The van der Waals surface area contributed by atoms with E-state index in [2.05, 4.69) is 17.4 Å². The van der Waals surface area contributed by atoms with Crippen molar-refractivity contribution < 1.29 is 9.53 Å². The van der Waals surface area contributed by atoms with Crippen LogP contribution in [0.3, 0.4) is 0 Å².